The molecule has 0 saturated carbocycles. The van der Waals surface area contributed by atoms with Gasteiger partial charge in [-0.1, -0.05) is 0 Å². The maximum atomic E-state index is 12.9. The van der Waals surface area contributed by atoms with Crippen molar-refractivity contribution in [1.82, 2.24) is 10.2 Å². The number of likely N-dealkylation sites (N-methyl/N-ethyl adjacent to an activating group) is 1. The SMILES string of the molecule is C[C@H](NC(=O)c1ccco1)C(=O)OCC(=O)N(C)CC(=O)Nc1ccc(F)cc1. The van der Waals surface area contributed by atoms with Gasteiger partial charge in [0.2, 0.25) is 5.91 Å². The van der Waals surface area contributed by atoms with E-state index >= 15 is 0 Å². The molecule has 2 aromatic rings. The van der Waals surface area contributed by atoms with Crippen molar-refractivity contribution in [2.24, 2.45) is 0 Å². The van der Waals surface area contributed by atoms with Gasteiger partial charge in [-0.3, -0.25) is 14.4 Å². The van der Waals surface area contributed by atoms with E-state index in [9.17, 15) is 23.6 Å². The number of carbonyl (C=O) groups is 4. The number of carbonyl (C=O) groups excluding carboxylic acids is 4. The maximum Gasteiger partial charge on any atom is 0.328 e. The number of hydrogen-bond donors (Lipinski definition) is 2. The van der Waals surface area contributed by atoms with E-state index in [2.05, 4.69) is 10.6 Å². The molecule has 154 valence electrons. The van der Waals surface area contributed by atoms with Crippen LogP contribution in [0.3, 0.4) is 0 Å². The topological polar surface area (TPSA) is 118 Å². The summed E-state index contributed by atoms with van der Waals surface area (Å²) in [5, 5.41) is 4.88. The third-order valence-electron chi connectivity index (χ3n) is 3.72. The molecule has 0 aliphatic rings. The van der Waals surface area contributed by atoms with E-state index in [1.54, 1.807) is 0 Å². The lowest BCUT2D eigenvalue weighted by molar-refractivity contribution is -0.153. The lowest BCUT2D eigenvalue weighted by Crippen LogP contribution is -2.42. The van der Waals surface area contributed by atoms with Crippen molar-refractivity contribution in [3.63, 3.8) is 0 Å². The van der Waals surface area contributed by atoms with Gasteiger partial charge in [-0.05, 0) is 43.3 Å². The van der Waals surface area contributed by atoms with Crippen molar-refractivity contribution < 1.29 is 32.7 Å². The highest BCUT2D eigenvalue weighted by Gasteiger charge is 2.21. The summed E-state index contributed by atoms with van der Waals surface area (Å²) in [6.07, 6.45) is 1.32. The number of ether oxygens (including phenoxy) is 1. The predicted octanol–water partition coefficient (Wildman–Crippen LogP) is 1.18. The van der Waals surface area contributed by atoms with Gasteiger partial charge in [-0.15, -0.1) is 0 Å². The van der Waals surface area contributed by atoms with E-state index in [1.165, 1.54) is 56.6 Å². The zero-order chi connectivity index (χ0) is 21.4. The van der Waals surface area contributed by atoms with Crippen LogP contribution in [0.5, 0.6) is 0 Å². The van der Waals surface area contributed by atoms with Gasteiger partial charge in [0.1, 0.15) is 11.9 Å². The first kappa shape index (κ1) is 21.6. The molecule has 1 aromatic heterocycles. The third-order valence-corrected chi connectivity index (χ3v) is 3.72. The van der Waals surface area contributed by atoms with Crippen molar-refractivity contribution >= 4 is 29.4 Å². The number of benzene rings is 1. The highest BCUT2D eigenvalue weighted by Crippen LogP contribution is 2.08. The summed E-state index contributed by atoms with van der Waals surface area (Å²) in [6, 6.07) is 7.10. The summed E-state index contributed by atoms with van der Waals surface area (Å²) in [6.45, 7) is 0.506. The van der Waals surface area contributed by atoms with E-state index in [0.717, 1.165) is 4.90 Å². The van der Waals surface area contributed by atoms with Crippen LogP contribution in [0.25, 0.3) is 0 Å². The Morgan fingerprint density at radius 2 is 1.86 bits per heavy atom. The zero-order valence-corrected chi connectivity index (χ0v) is 15.8. The van der Waals surface area contributed by atoms with Gasteiger partial charge in [-0.25, -0.2) is 9.18 Å². The van der Waals surface area contributed by atoms with Crippen LogP contribution in [-0.4, -0.2) is 54.8 Å². The second kappa shape index (κ2) is 10.0. The zero-order valence-electron chi connectivity index (χ0n) is 15.8. The first-order valence-electron chi connectivity index (χ1n) is 8.56. The van der Waals surface area contributed by atoms with Crippen LogP contribution in [0.4, 0.5) is 10.1 Å². The highest BCUT2D eigenvalue weighted by molar-refractivity contribution is 5.96. The normalized spacial score (nSPS) is 11.3. The molecule has 3 amide bonds. The highest BCUT2D eigenvalue weighted by atomic mass is 19.1. The van der Waals surface area contributed by atoms with Crippen molar-refractivity contribution in [2.75, 3.05) is 25.5 Å². The minimum Gasteiger partial charge on any atom is -0.459 e. The molecule has 9 nitrogen and oxygen atoms in total. The molecular weight excluding hydrogens is 385 g/mol. The second-order valence-electron chi connectivity index (χ2n) is 6.09. The molecule has 0 aliphatic heterocycles. The molecule has 29 heavy (non-hydrogen) atoms. The van der Waals surface area contributed by atoms with Crippen LogP contribution in [0, 0.1) is 5.82 Å². The Morgan fingerprint density at radius 3 is 2.48 bits per heavy atom. The second-order valence-corrected chi connectivity index (χ2v) is 6.09. The Labute approximate surface area is 165 Å². The van der Waals surface area contributed by atoms with Gasteiger partial charge >= 0.3 is 5.97 Å². The van der Waals surface area contributed by atoms with Crippen LogP contribution in [-0.2, 0) is 19.1 Å². The Balaban J connectivity index is 1.73. The van der Waals surface area contributed by atoms with E-state index in [4.69, 9.17) is 9.15 Å². The lowest BCUT2D eigenvalue weighted by atomic mass is 10.3. The van der Waals surface area contributed by atoms with Crippen LogP contribution < -0.4 is 10.6 Å². The standard InChI is InChI=1S/C19H20FN3O6/c1-12(21-18(26)15-4-3-9-28-15)19(27)29-11-17(25)23(2)10-16(24)22-14-7-5-13(20)6-8-14/h3-9,12H,10-11H2,1-2H3,(H,21,26)(H,22,24)/t12-/m0/s1. The van der Waals surface area contributed by atoms with Gasteiger partial charge in [0, 0.05) is 12.7 Å². The molecule has 0 fully saturated rings. The Bertz CT molecular complexity index is 867. The molecule has 0 aliphatic carbocycles. The fraction of sp³-hybridized carbons (Fsp3) is 0.263. The number of amides is 3. The fourth-order valence-corrected chi connectivity index (χ4v) is 2.14. The number of furan rings is 1. The number of nitrogens with zero attached hydrogens (tertiary/aromatic N) is 1. The summed E-state index contributed by atoms with van der Waals surface area (Å²) < 4.78 is 22.6. The number of nitrogens with one attached hydrogen (secondary N) is 2. The number of halogens is 1. The van der Waals surface area contributed by atoms with E-state index < -0.39 is 42.2 Å². The number of rotatable bonds is 8. The number of esters is 1. The smallest absolute Gasteiger partial charge is 0.328 e. The van der Waals surface area contributed by atoms with Gasteiger partial charge in [0.05, 0.1) is 12.8 Å². The molecule has 2 rings (SSSR count). The average Bonchev–Trinajstić information content (AvgIpc) is 3.22. The molecule has 1 atom stereocenters. The van der Waals surface area contributed by atoms with Gasteiger partial charge < -0.3 is 24.7 Å². The molecule has 1 heterocycles. The van der Waals surface area contributed by atoms with E-state index in [0.29, 0.717) is 5.69 Å². The summed E-state index contributed by atoms with van der Waals surface area (Å²) in [5.41, 5.74) is 0.379. The van der Waals surface area contributed by atoms with Crippen molar-refractivity contribution in [3.05, 3.63) is 54.2 Å². The van der Waals surface area contributed by atoms with Crippen LogP contribution in [0.2, 0.25) is 0 Å². The van der Waals surface area contributed by atoms with Crippen LogP contribution in [0.1, 0.15) is 17.5 Å². The van der Waals surface area contributed by atoms with E-state index in [-0.39, 0.29) is 12.3 Å². The average molecular weight is 405 g/mol. The van der Waals surface area contributed by atoms with Crippen molar-refractivity contribution in [1.29, 1.82) is 0 Å². The van der Waals surface area contributed by atoms with Gasteiger partial charge in [0.15, 0.2) is 12.4 Å². The Morgan fingerprint density at radius 1 is 1.17 bits per heavy atom. The van der Waals surface area contributed by atoms with Gasteiger partial charge in [0.25, 0.3) is 11.8 Å². The largest absolute Gasteiger partial charge is 0.459 e. The number of hydrogen-bond acceptors (Lipinski definition) is 6. The molecular formula is C19H20FN3O6. The molecule has 0 radical (unpaired) electrons. The monoisotopic (exact) mass is 405 g/mol. The first-order valence-corrected chi connectivity index (χ1v) is 8.56. The molecule has 1 aromatic carbocycles. The maximum absolute atomic E-state index is 12.9. The van der Waals surface area contributed by atoms with Crippen molar-refractivity contribution in [2.45, 2.75) is 13.0 Å². The molecule has 0 bridgehead atoms. The fourth-order valence-electron chi connectivity index (χ4n) is 2.14. The minimum atomic E-state index is -1.01. The molecule has 2 N–H and O–H groups in total. The van der Waals surface area contributed by atoms with Crippen molar-refractivity contribution in [3.8, 4) is 0 Å². The van der Waals surface area contributed by atoms with E-state index in [1.807, 2.05) is 0 Å². The Hall–Kier alpha value is -3.69. The molecule has 0 saturated heterocycles. The number of anilines is 1. The first-order chi connectivity index (χ1) is 13.8. The summed E-state index contributed by atoms with van der Waals surface area (Å²) in [4.78, 5) is 48.7. The van der Waals surface area contributed by atoms with Gasteiger partial charge in [-0.2, -0.15) is 0 Å². The summed E-state index contributed by atoms with van der Waals surface area (Å²) in [5.74, 6) is -2.93. The lowest BCUT2D eigenvalue weighted by Gasteiger charge is -2.18. The molecule has 0 unspecified atom stereocenters. The van der Waals surface area contributed by atoms with Crippen LogP contribution in [0.15, 0.2) is 47.1 Å². The van der Waals surface area contributed by atoms with Crippen LogP contribution >= 0.6 is 0 Å². The predicted molar refractivity (Wildman–Crippen MR) is 99.3 cm³/mol. The molecule has 0 spiro atoms. The third kappa shape index (κ3) is 6.76. The molecule has 10 heteroatoms. The summed E-state index contributed by atoms with van der Waals surface area (Å²) >= 11 is 0. The Kier molecular flexibility index (Phi) is 7.47. The summed E-state index contributed by atoms with van der Waals surface area (Å²) in [7, 11) is 1.36. The quantitative estimate of drug-likeness (QED) is 0.637. The minimum absolute atomic E-state index is 0.0348.